The molecule has 0 saturated heterocycles. The van der Waals surface area contributed by atoms with Crippen LogP contribution < -0.4 is 0 Å². The summed E-state index contributed by atoms with van der Waals surface area (Å²) in [4.78, 5) is 15.0. The largest absolute Gasteiger partial charge is 0.235 e. The van der Waals surface area contributed by atoms with Gasteiger partial charge >= 0.3 is 0 Å². The molecule has 0 amide bonds. The SMILES string of the molecule is c1ccc(-c2cc(-c3ccccc3)nc(-c3ccc4c(ccc5sc(-c6ccccc6)nc54)c3)n2)cc1. The lowest BCUT2D eigenvalue weighted by molar-refractivity contribution is 1.18. The zero-order valence-electron chi connectivity index (χ0n) is 19.9. The summed E-state index contributed by atoms with van der Waals surface area (Å²) in [7, 11) is 0. The van der Waals surface area contributed by atoms with E-state index < -0.39 is 0 Å². The standard InChI is InChI=1S/C33H21N3S/c1-4-10-22(11-5-1)28-21-29(23-12-6-2-7-13-23)35-32(34-28)26-16-18-27-25(20-26)17-19-30-31(27)36-33(37-30)24-14-8-3-9-15-24/h1-21H. The second-order valence-electron chi connectivity index (χ2n) is 8.93. The van der Waals surface area contributed by atoms with Crippen molar-refractivity contribution in [1.29, 1.82) is 0 Å². The third-order valence-electron chi connectivity index (χ3n) is 6.52. The highest BCUT2D eigenvalue weighted by Crippen LogP contribution is 2.36. The van der Waals surface area contributed by atoms with Crippen molar-refractivity contribution in [3.05, 3.63) is 127 Å². The first kappa shape index (κ1) is 21.6. The summed E-state index contributed by atoms with van der Waals surface area (Å²) in [5.74, 6) is 0.713. The first-order chi connectivity index (χ1) is 18.3. The van der Waals surface area contributed by atoms with Crippen LogP contribution >= 0.6 is 11.3 Å². The van der Waals surface area contributed by atoms with Crippen LogP contribution in [0.4, 0.5) is 0 Å². The summed E-state index contributed by atoms with van der Waals surface area (Å²) < 4.78 is 1.19. The van der Waals surface area contributed by atoms with Crippen molar-refractivity contribution in [2.75, 3.05) is 0 Å². The minimum absolute atomic E-state index is 0.713. The molecule has 2 aromatic heterocycles. The smallest absolute Gasteiger partial charge is 0.160 e. The van der Waals surface area contributed by atoms with Gasteiger partial charge in [0.15, 0.2) is 5.82 Å². The second-order valence-corrected chi connectivity index (χ2v) is 9.96. The van der Waals surface area contributed by atoms with Crippen molar-refractivity contribution in [1.82, 2.24) is 15.0 Å². The van der Waals surface area contributed by atoms with Crippen molar-refractivity contribution < 1.29 is 0 Å². The van der Waals surface area contributed by atoms with Crippen LogP contribution in [0.5, 0.6) is 0 Å². The lowest BCUT2D eigenvalue weighted by Gasteiger charge is -2.10. The summed E-state index contributed by atoms with van der Waals surface area (Å²) in [6, 6.07) is 43.8. The van der Waals surface area contributed by atoms with E-state index in [9.17, 15) is 0 Å². The highest BCUT2D eigenvalue weighted by Gasteiger charge is 2.13. The number of benzene rings is 5. The number of rotatable bonds is 4. The molecule has 0 aliphatic rings. The maximum Gasteiger partial charge on any atom is 0.160 e. The van der Waals surface area contributed by atoms with Crippen LogP contribution in [0, 0.1) is 0 Å². The normalized spacial score (nSPS) is 11.2. The summed E-state index contributed by atoms with van der Waals surface area (Å²) >= 11 is 1.73. The second kappa shape index (κ2) is 9.08. The molecule has 0 spiro atoms. The van der Waals surface area contributed by atoms with Gasteiger partial charge in [-0.1, -0.05) is 109 Å². The van der Waals surface area contributed by atoms with Gasteiger partial charge in [-0.3, -0.25) is 0 Å². The predicted molar refractivity (Wildman–Crippen MR) is 154 cm³/mol. The number of aromatic nitrogens is 3. The van der Waals surface area contributed by atoms with E-state index in [0.717, 1.165) is 54.9 Å². The van der Waals surface area contributed by atoms with Gasteiger partial charge in [0, 0.05) is 27.6 Å². The lowest BCUT2D eigenvalue weighted by atomic mass is 10.0. The van der Waals surface area contributed by atoms with Gasteiger partial charge in [0.1, 0.15) is 5.01 Å². The minimum Gasteiger partial charge on any atom is -0.235 e. The molecule has 0 bridgehead atoms. The first-order valence-electron chi connectivity index (χ1n) is 12.2. The molecular formula is C33H21N3S. The Balaban J connectivity index is 1.37. The molecule has 0 aliphatic heterocycles. The Bertz CT molecular complexity index is 1800. The molecule has 2 heterocycles. The Hall–Kier alpha value is -4.67. The molecule has 0 saturated carbocycles. The highest BCUT2D eigenvalue weighted by molar-refractivity contribution is 7.21. The van der Waals surface area contributed by atoms with E-state index in [0.29, 0.717) is 5.82 Å². The van der Waals surface area contributed by atoms with Crippen LogP contribution in [0.15, 0.2) is 127 Å². The van der Waals surface area contributed by atoms with Crippen molar-refractivity contribution in [3.8, 4) is 44.5 Å². The van der Waals surface area contributed by atoms with E-state index in [4.69, 9.17) is 15.0 Å². The summed E-state index contributed by atoms with van der Waals surface area (Å²) in [6.07, 6.45) is 0. The zero-order chi connectivity index (χ0) is 24.6. The predicted octanol–water partition coefficient (Wildman–Crippen LogP) is 8.91. The van der Waals surface area contributed by atoms with Gasteiger partial charge in [0.25, 0.3) is 0 Å². The average Bonchev–Trinajstić information content (AvgIpc) is 3.43. The van der Waals surface area contributed by atoms with Crippen LogP contribution in [0.1, 0.15) is 0 Å². The monoisotopic (exact) mass is 491 g/mol. The summed E-state index contributed by atoms with van der Waals surface area (Å²) in [6.45, 7) is 0. The Labute approximate surface area is 218 Å². The van der Waals surface area contributed by atoms with Gasteiger partial charge in [-0.15, -0.1) is 11.3 Å². The van der Waals surface area contributed by atoms with Gasteiger partial charge in [0.2, 0.25) is 0 Å². The molecule has 5 aromatic carbocycles. The number of hydrogen-bond acceptors (Lipinski definition) is 4. The van der Waals surface area contributed by atoms with E-state index in [1.807, 2.05) is 42.5 Å². The number of fused-ring (bicyclic) bond motifs is 3. The molecule has 7 aromatic rings. The Morgan fingerprint density at radius 2 is 1.05 bits per heavy atom. The summed E-state index contributed by atoms with van der Waals surface area (Å²) in [5, 5.41) is 3.31. The van der Waals surface area contributed by atoms with Gasteiger partial charge < -0.3 is 0 Å². The topological polar surface area (TPSA) is 38.7 Å². The quantitative estimate of drug-likeness (QED) is 0.247. The van der Waals surface area contributed by atoms with Gasteiger partial charge in [-0.05, 0) is 23.6 Å². The van der Waals surface area contributed by atoms with Crippen LogP contribution in [-0.2, 0) is 0 Å². The number of thiazole rings is 1. The minimum atomic E-state index is 0.713. The van der Waals surface area contributed by atoms with Gasteiger partial charge in [0.05, 0.1) is 21.6 Å². The molecule has 0 atom stereocenters. The molecule has 0 radical (unpaired) electrons. The van der Waals surface area contributed by atoms with Crippen LogP contribution in [0.3, 0.4) is 0 Å². The average molecular weight is 492 g/mol. The molecule has 37 heavy (non-hydrogen) atoms. The van der Waals surface area contributed by atoms with E-state index in [2.05, 4.69) is 84.9 Å². The number of nitrogens with zero attached hydrogens (tertiary/aromatic N) is 3. The van der Waals surface area contributed by atoms with Gasteiger partial charge in [-0.2, -0.15) is 0 Å². The van der Waals surface area contributed by atoms with Crippen molar-refractivity contribution in [3.63, 3.8) is 0 Å². The molecule has 3 nitrogen and oxygen atoms in total. The Morgan fingerprint density at radius 1 is 0.459 bits per heavy atom. The van der Waals surface area contributed by atoms with Crippen LogP contribution in [0.25, 0.3) is 65.5 Å². The Kier molecular flexibility index (Phi) is 5.30. The van der Waals surface area contributed by atoms with Crippen LogP contribution in [-0.4, -0.2) is 15.0 Å². The lowest BCUT2D eigenvalue weighted by Crippen LogP contribution is -1.96. The molecule has 0 unspecified atom stereocenters. The van der Waals surface area contributed by atoms with Gasteiger partial charge in [-0.25, -0.2) is 15.0 Å². The van der Waals surface area contributed by atoms with E-state index in [1.165, 1.54) is 4.70 Å². The third kappa shape index (κ3) is 4.07. The van der Waals surface area contributed by atoms with Crippen LogP contribution in [0.2, 0.25) is 0 Å². The molecule has 0 N–H and O–H groups in total. The maximum atomic E-state index is 5.01. The molecule has 0 aliphatic carbocycles. The number of hydrogen-bond donors (Lipinski definition) is 0. The fourth-order valence-electron chi connectivity index (χ4n) is 4.65. The third-order valence-corrected chi connectivity index (χ3v) is 7.59. The summed E-state index contributed by atoms with van der Waals surface area (Å²) in [5.41, 5.74) is 7.13. The van der Waals surface area contributed by atoms with Crippen molar-refractivity contribution in [2.45, 2.75) is 0 Å². The van der Waals surface area contributed by atoms with E-state index in [1.54, 1.807) is 11.3 Å². The highest BCUT2D eigenvalue weighted by atomic mass is 32.1. The van der Waals surface area contributed by atoms with E-state index in [-0.39, 0.29) is 0 Å². The van der Waals surface area contributed by atoms with Crippen molar-refractivity contribution in [2.24, 2.45) is 0 Å². The first-order valence-corrected chi connectivity index (χ1v) is 13.0. The molecule has 0 fully saturated rings. The molecule has 7 rings (SSSR count). The zero-order valence-corrected chi connectivity index (χ0v) is 20.7. The molecule has 4 heteroatoms. The molecule has 174 valence electrons. The fourth-order valence-corrected chi connectivity index (χ4v) is 5.64. The Morgan fingerprint density at radius 3 is 1.68 bits per heavy atom. The van der Waals surface area contributed by atoms with Crippen molar-refractivity contribution >= 4 is 32.3 Å². The fraction of sp³-hybridized carbons (Fsp3) is 0. The maximum absolute atomic E-state index is 5.01. The molecular weight excluding hydrogens is 470 g/mol. The van der Waals surface area contributed by atoms with E-state index >= 15 is 0 Å².